The lowest BCUT2D eigenvalue weighted by Gasteiger charge is -2.29. The summed E-state index contributed by atoms with van der Waals surface area (Å²) in [5, 5.41) is 0. The van der Waals surface area contributed by atoms with E-state index < -0.39 is 18.0 Å². The number of hydrogen-bond acceptors (Lipinski definition) is 1. The van der Waals surface area contributed by atoms with Crippen LogP contribution >= 0.6 is 0 Å². The summed E-state index contributed by atoms with van der Waals surface area (Å²) in [5.41, 5.74) is -1.46. The van der Waals surface area contributed by atoms with Gasteiger partial charge in [-0.25, -0.2) is 4.39 Å². The maximum Gasteiger partial charge on any atom is 0.346 e. The second-order valence-corrected chi connectivity index (χ2v) is 3.56. The minimum absolute atomic E-state index is 0.0703. The Morgan fingerprint density at radius 2 is 1.71 bits per heavy atom. The molecule has 17 heavy (non-hydrogen) atoms. The minimum atomic E-state index is -2.98. The Hall–Kier alpha value is -1.55. The molecule has 89 valence electrons. The van der Waals surface area contributed by atoms with Crippen molar-refractivity contribution in [1.29, 1.82) is 0 Å². The van der Waals surface area contributed by atoms with Gasteiger partial charge in [0.15, 0.2) is 0 Å². The molecule has 0 atom stereocenters. The van der Waals surface area contributed by atoms with E-state index in [2.05, 4.69) is 4.74 Å². The van der Waals surface area contributed by atoms with Crippen LogP contribution in [-0.2, 0) is 10.3 Å². The van der Waals surface area contributed by atoms with Gasteiger partial charge in [-0.15, -0.1) is 0 Å². The van der Waals surface area contributed by atoms with Gasteiger partial charge in [0.25, 0.3) is 0 Å². The van der Waals surface area contributed by atoms with Crippen LogP contribution in [0.25, 0.3) is 0 Å². The van der Waals surface area contributed by atoms with Gasteiger partial charge in [0.05, 0.1) is 0 Å². The predicted molar refractivity (Wildman–Crippen MR) is 57.7 cm³/mol. The van der Waals surface area contributed by atoms with Crippen molar-refractivity contribution in [3.63, 3.8) is 0 Å². The van der Waals surface area contributed by atoms with Crippen LogP contribution in [0.1, 0.15) is 5.56 Å². The summed E-state index contributed by atoms with van der Waals surface area (Å²) in [6.07, 6.45) is 7.56. The van der Waals surface area contributed by atoms with Crippen molar-refractivity contribution in [3.8, 4) is 0 Å². The van der Waals surface area contributed by atoms with Gasteiger partial charge in [0.1, 0.15) is 11.4 Å². The van der Waals surface area contributed by atoms with Crippen molar-refractivity contribution in [2.75, 3.05) is 0 Å². The van der Waals surface area contributed by atoms with E-state index in [9.17, 15) is 13.2 Å². The third kappa shape index (κ3) is 2.42. The number of allylic oxidation sites excluding steroid dienone is 2. The van der Waals surface area contributed by atoms with Gasteiger partial charge >= 0.3 is 6.61 Å². The standard InChI is InChI=1S/C13H10F3O/c14-11-7-3-2-6-10(11)13(17-12(15)16)8-4-1-5-9-13/h1-9,12H. The summed E-state index contributed by atoms with van der Waals surface area (Å²) in [7, 11) is 0. The van der Waals surface area contributed by atoms with Crippen molar-refractivity contribution < 1.29 is 17.9 Å². The largest absolute Gasteiger partial charge is 0.346 e. The highest BCUT2D eigenvalue weighted by Gasteiger charge is 2.34. The van der Waals surface area contributed by atoms with Crippen LogP contribution in [0.4, 0.5) is 13.2 Å². The maximum atomic E-state index is 13.7. The van der Waals surface area contributed by atoms with E-state index in [0.29, 0.717) is 0 Å². The molecule has 1 aromatic rings. The fourth-order valence-electron chi connectivity index (χ4n) is 1.76. The number of benzene rings is 1. The fourth-order valence-corrected chi connectivity index (χ4v) is 1.76. The zero-order valence-corrected chi connectivity index (χ0v) is 8.82. The van der Waals surface area contributed by atoms with Crippen molar-refractivity contribution in [3.05, 3.63) is 66.4 Å². The van der Waals surface area contributed by atoms with Crippen LogP contribution in [0.15, 0.2) is 48.6 Å². The summed E-state index contributed by atoms with van der Waals surface area (Å²) >= 11 is 0. The van der Waals surface area contributed by atoms with Crippen LogP contribution in [0, 0.1) is 12.2 Å². The first-order valence-corrected chi connectivity index (χ1v) is 5.05. The van der Waals surface area contributed by atoms with Gasteiger partial charge in [0, 0.05) is 12.0 Å². The van der Waals surface area contributed by atoms with Crippen LogP contribution in [0.2, 0.25) is 0 Å². The van der Waals surface area contributed by atoms with Crippen LogP contribution in [0.5, 0.6) is 0 Å². The topological polar surface area (TPSA) is 9.23 Å². The number of halogens is 3. The van der Waals surface area contributed by atoms with Gasteiger partial charge in [-0.05, 0) is 18.2 Å². The Morgan fingerprint density at radius 1 is 1.06 bits per heavy atom. The summed E-state index contributed by atoms with van der Waals surface area (Å²) in [5.74, 6) is -0.579. The molecule has 1 aromatic carbocycles. The molecule has 0 amide bonds. The van der Waals surface area contributed by atoms with Crippen molar-refractivity contribution >= 4 is 0 Å². The molecule has 1 aliphatic carbocycles. The molecular weight excluding hydrogens is 229 g/mol. The first-order chi connectivity index (χ1) is 8.14. The lowest BCUT2D eigenvalue weighted by molar-refractivity contribution is -0.180. The summed E-state index contributed by atoms with van der Waals surface area (Å²) < 4.78 is 43.2. The zero-order chi connectivity index (χ0) is 12.3. The molecule has 0 bridgehead atoms. The molecule has 1 radical (unpaired) electrons. The first kappa shape index (κ1) is 11.9. The molecule has 0 N–H and O–H groups in total. The van der Waals surface area contributed by atoms with Crippen LogP contribution in [0.3, 0.4) is 0 Å². The van der Waals surface area contributed by atoms with E-state index in [-0.39, 0.29) is 5.56 Å². The van der Waals surface area contributed by atoms with Crippen molar-refractivity contribution in [2.24, 2.45) is 0 Å². The first-order valence-electron chi connectivity index (χ1n) is 5.05. The predicted octanol–water partition coefficient (Wildman–Crippen LogP) is 3.59. The van der Waals surface area contributed by atoms with E-state index in [4.69, 9.17) is 0 Å². The monoisotopic (exact) mass is 239 g/mol. The Kier molecular flexibility index (Phi) is 3.33. The molecule has 0 aromatic heterocycles. The Balaban J connectivity index is 2.47. The average molecular weight is 239 g/mol. The third-order valence-electron chi connectivity index (χ3n) is 2.49. The lowest BCUT2D eigenvalue weighted by Crippen LogP contribution is -2.29. The Bertz CT molecular complexity index is 440. The molecule has 0 unspecified atom stereocenters. The van der Waals surface area contributed by atoms with Crippen molar-refractivity contribution in [1.82, 2.24) is 0 Å². The van der Waals surface area contributed by atoms with Gasteiger partial charge in [0.2, 0.25) is 0 Å². The molecule has 1 aliphatic rings. The van der Waals surface area contributed by atoms with Gasteiger partial charge < -0.3 is 4.74 Å². The summed E-state index contributed by atoms with van der Waals surface area (Å²) in [6, 6.07) is 5.72. The smallest absolute Gasteiger partial charge is 0.303 e. The fraction of sp³-hybridized carbons (Fsp3) is 0.154. The highest BCUT2D eigenvalue weighted by molar-refractivity contribution is 5.39. The molecule has 2 rings (SSSR count). The summed E-state index contributed by atoms with van der Waals surface area (Å²) in [4.78, 5) is 0. The second-order valence-electron chi connectivity index (χ2n) is 3.56. The number of rotatable bonds is 3. The van der Waals surface area contributed by atoms with E-state index in [0.717, 1.165) is 0 Å². The van der Waals surface area contributed by atoms with Crippen molar-refractivity contribution in [2.45, 2.75) is 12.2 Å². The second kappa shape index (κ2) is 4.75. The molecule has 0 fully saturated rings. The molecule has 0 aliphatic heterocycles. The minimum Gasteiger partial charge on any atom is -0.303 e. The molecule has 4 heteroatoms. The molecule has 0 saturated carbocycles. The SMILES string of the molecule is Fc1ccccc1C1(OC(F)F)C=C[CH]C=C1. The van der Waals surface area contributed by atoms with Gasteiger partial charge in [-0.1, -0.05) is 30.4 Å². The number of ether oxygens (including phenoxy) is 1. The molecule has 0 saturated heterocycles. The summed E-state index contributed by atoms with van der Waals surface area (Å²) in [6.45, 7) is -2.98. The van der Waals surface area contributed by atoms with Gasteiger partial charge in [-0.3, -0.25) is 0 Å². The quantitative estimate of drug-likeness (QED) is 0.783. The maximum absolute atomic E-state index is 13.7. The zero-order valence-electron chi connectivity index (χ0n) is 8.82. The Morgan fingerprint density at radius 3 is 2.29 bits per heavy atom. The number of hydrogen-bond donors (Lipinski definition) is 0. The molecule has 0 heterocycles. The highest BCUT2D eigenvalue weighted by atomic mass is 19.3. The lowest BCUT2D eigenvalue weighted by atomic mass is 9.89. The van der Waals surface area contributed by atoms with E-state index in [1.165, 1.54) is 30.4 Å². The average Bonchev–Trinajstić information content (AvgIpc) is 2.29. The Labute approximate surface area is 97.2 Å². The van der Waals surface area contributed by atoms with E-state index in [1.54, 1.807) is 24.6 Å². The van der Waals surface area contributed by atoms with E-state index >= 15 is 0 Å². The normalized spacial score (nSPS) is 17.6. The van der Waals surface area contributed by atoms with Crippen LogP contribution in [-0.4, -0.2) is 6.61 Å². The van der Waals surface area contributed by atoms with E-state index in [1.807, 2.05) is 0 Å². The molecule has 1 nitrogen and oxygen atoms in total. The molecular formula is C13H10F3O. The third-order valence-corrected chi connectivity index (χ3v) is 2.49. The van der Waals surface area contributed by atoms with Gasteiger partial charge in [-0.2, -0.15) is 8.78 Å². The number of alkyl halides is 2. The van der Waals surface area contributed by atoms with Crippen LogP contribution < -0.4 is 0 Å². The highest BCUT2D eigenvalue weighted by Crippen LogP contribution is 2.35. The molecule has 0 spiro atoms.